The molecule has 0 bridgehead atoms. The molecule has 0 spiro atoms. The van der Waals surface area contributed by atoms with Crippen LogP contribution in [-0.4, -0.2) is 28.2 Å². The molecule has 2 heterocycles. The molecule has 142 valence electrons. The molecule has 2 aromatic heterocycles. The summed E-state index contributed by atoms with van der Waals surface area (Å²) in [6.07, 6.45) is 3.81. The Morgan fingerprint density at radius 1 is 1.22 bits per heavy atom. The maximum Gasteiger partial charge on any atom is 0.217 e. The third-order valence-corrected chi connectivity index (χ3v) is 5.38. The number of carbonyl (C=O) groups is 1. The quantitative estimate of drug-likeness (QED) is 0.575. The summed E-state index contributed by atoms with van der Waals surface area (Å²) in [5, 5.41) is 4.70. The third kappa shape index (κ3) is 3.09. The lowest BCUT2D eigenvalue weighted by Crippen LogP contribution is -2.27. The van der Waals surface area contributed by atoms with E-state index in [9.17, 15) is 9.18 Å². The van der Waals surface area contributed by atoms with E-state index in [1.54, 1.807) is 4.68 Å². The van der Waals surface area contributed by atoms with Gasteiger partial charge in [-0.15, -0.1) is 0 Å². The van der Waals surface area contributed by atoms with Crippen molar-refractivity contribution in [3.63, 3.8) is 0 Å². The number of methoxy groups -OCH3 is 1. The predicted octanol–water partition coefficient (Wildman–Crippen LogP) is 4.52. The molecule has 5 nitrogen and oxygen atoms in total. The van der Waals surface area contributed by atoms with E-state index in [1.807, 2.05) is 39.0 Å². The Labute approximate surface area is 158 Å². The number of rotatable bonds is 7. The number of fused-ring (bicyclic) bond motifs is 1. The fraction of sp³-hybridized carbons (Fsp3) is 0.381. The zero-order valence-corrected chi connectivity index (χ0v) is 16.1. The zero-order chi connectivity index (χ0) is 19.6. The van der Waals surface area contributed by atoms with E-state index in [2.05, 4.69) is 10.1 Å². The van der Waals surface area contributed by atoms with E-state index < -0.39 is 5.41 Å². The average molecular weight is 369 g/mol. The summed E-state index contributed by atoms with van der Waals surface area (Å²) >= 11 is 0. The fourth-order valence-electron chi connectivity index (χ4n) is 3.53. The van der Waals surface area contributed by atoms with Crippen molar-refractivity contribution < 1.29 is 13.9 Å². The van der Waals surface area contributed by atoms with Crippen LogP contribution in [0.3, 0.4) is 0 Å². The van der Waals surface area contributed by atoms with Crippen LogP contribution in [0.5, 0.6) is 5.88 Å². The molecule has 0 unspecified atom stereocenters. The molecule has 0 N–H and O–H groups in total. The van der Waals surface area contributed by atoms with Crippen molar-refractivity contribution in [3.05, 3.63) is 41.8 Å². The number of ether oxygens (including phenoxy) is 1. The molecule has 6 heteroatoms. The molecule has 27 heavy (non-hydrogen) atoms. The molecule has 0 fully saturated rings. The van der Waals surface area contributed by atoms with Gasteiger partial charge in [0.25, 0.3) is 0 Å². The van der Waals surface area contributed by atoms with Gasteiger partial charge in [-0.05, 0) is 38.0 Å². The number of aromatic nitrogens is 3. The van der Waals surface area contributed by atoms with Crippen molar-refractivity contribution in [1.29, 1.82) is 0 Å². The minimum atomic E-state index is -0.632. The Balaban J connectivity index is 2.16. The van der Waals surface area contributed by atoms with Gasteiger partial charge >= 0.3 is 0 Å². The van der Waals surface area contributed by atoms with Crippen LogP contribution in [0, 0.1) is 5.82 Å². The van der Waals surface area contributed by atoms with Crippen molar-refractivity contribution in [2.45, 2.75) is 45.6 Å². The first-order valence-corrected chi connectivity index (χ1v) is 9.20. The molecule has 0 amide bonds. The van der Waals surface area contributed by atoms with Crippen molar-refractivity contribution in [2.75, 3.05) is 7.11 Å². The maximum absolute atomic E-state index is 14.5. The van der Waals surface area contributed by atoms with Gasteiger partial charge < -0.3 is 9.53 Å². The minimum absolute atomic E-state index is 0.337. The number of pyridine rings is 1. The number of halogens is 1. The second-order valence-electron chi connectivity index (χ2n) is 6.59. The first-order chi connectivity index (χ1) is 13.0. The van der Waals surface area contributed by atoms with E-state index in [0.717, 1.165) is 17.4 Å². The first kappa shape index (κ1) is 19.0. The van der Waals surface area contributed by atoms with Gasteiger partial charge in [0.1, 0.15) is 12.1 Å². The molecule has 1 aromatic carbocycles. The Hall–Kier alpha value is -2.76. The van der Waals surface area contributed by atoms with Crippen LogP contribution in [0.1, 0.15) is 39.2 Å². The number of hydrogen-bond donors (Lipinski definition) is 0. The van der Waals surface area contributed by atoms with Crippen LogP contribution >= 0.6 is 0 Å². The Bertz CT molecular complexity index is 977. The van der Waals surface area contributed by atoms with Gasteiger partial charge in [0.15, 0.2) is 0 Å². The summed E-state index contributed by atoms with van der Waals surface area (Å²) in [7, 11) is 1.53. The van der Waals surface area contributed by atoms with E-state index in [-0.39, 0.29) is 5.82 Å². The van der Waals surface area contributed by atoms with Crippen LogP contribution in [0.4, 0.5) is 4.39 Å². The number of hydrogen-bond acceptors (Lipinski definition) is 4. The lowest BCUT2D eigenvalue weighted by atomic mass is 9.77. The van der Waals surface area contributed by atoms with Gasteiger partial charge in [-0.25, -0.2) is 9.37 Å². The summed E-state index contributed by atoms with van der Waals surface area (Å²) in [5.74, 6) is 0.0594. The molecular weight excluding hydrogens is 345 g/mol. The van der Waals surface area contributed by atoms with Crippen molar-refractivity contribution >= 4 is 17.2 Å². The van der Waals surface area contributed by atoms with Gasteiger partial charge in [-0.2, -0.15) is 5.10 Å². The van der Waals surface area contributed by atoms with Crippen molar-refractivity contribution in [3.8, 4) is 17.1 Å². The van der Waals surface area contributed by atoms with Crippen LogP contribution in [-0.2, 0) is 16.8 Å². The highest BCUT2D eigenvalue weighted by atomic mass is 19.1. The van der Waals surface area contributed by atoms with E-state index in [4.69, 9.17) is 4.74 Å². The number of aryl methyl sites for hydroxylation is 1. The van der Waals surface area contributed by atoms with Gasteiger partial charge in [0.2, 0.25) is 5.88 Å². The fourth-order valence-corrected chi connectivity index (χ4v) is 3.53. The number of nitrogens with zero attached hydrogens (tertiary/aromatic N) is 3. The Kier molecular flexibility index (Phi) is 5.26. The topological polar surface area (TPSA) is 57.0 Å². The van der Waals surface area contributed by atoms with Crippen molar-refractivity contribution in [2.24, 2.45) is 0 Å². The summed E-state index contributed by atoms with van der Waals surface area (Å²) < 4.78 is 21.8. The van der Waals surface area contributed by atoms with Crippen LogP contribution < -0.4 is 4.74 Å². The highest BCUT2D eigenvalue weighted by molar-refractivity contribution is 5.84. The minimum Gasteiger partial charge on any atom is -0.481 e. The second kappa shape index (κ2) is 7.47. The predicted molar refractivity (Wildman–Crippen MR) is 103 cm³/mol. The molecule has 0 atom stereocenters. The largest absolute Gasteiger partial charge is 0.481 e. The maximum atomic E-state index is 14.5. The van der Waals surface area contributed by atoms with Gasteiger partial charge in [-0.3, -0.25) is 4.68 Å². The monoisotopic (exact) mass is 369 g/mol. The molecule has 0 aliphatic carbocycles. The standard InChI is InChI=1S/C21H24FN3O2/c1-5-21(6-2,13-26)16-8-9-18(24-20(16)27-4)14-10-17(22)15-12-23-25(7-3)19(15)11-14/h8-13H,5-7H2,1-4H3. The zero-order valence-electron chi connectivity index (χ0n) is 16.1. The van der Waals surface area contributed by atoms with Gasteiger partial charge in [0.05, 0.1) is 35.3 Å². The van der Waals surface area contributed by atoms with Crippen LogP contribution in [0.25, 0.3) is 22.2 Å². The number of aldehydes is 1. The summed E-state index contributed by atoms with van der Waals surface area (Å²) in [4.78, 5) is 16.4. The molecule has 3 aromatic rings. The molecule has 0 saturated carbocycles. The van der Waals surface area contributed by atoms with Crippen molar-refractivity contribution in [1.82, 2.24) is 14.8 Å². The van der Waals surface area contributed by atoms with E-state index >= 15 is 0 Å². The second-order valence-corrected chi connectivity index (χ2v) is 6.59. The summed E-state index contributed by atoms with van der Waals surface area (Å²) in [5.41, 5.74) is 2.08. The number of carbonyl (C=O) groups excluding carboxylic acids is 1. The van der Waals surface area contributed by atoms with E-state index in [0.29, 0.717) is 41.9 Å². The Morgan fingerprint density at radius 2 is 1.96 bits per heavy atom. The van der Waals surface area contributed by atoms with Crippen LogP contribution in [0.2, 0.25) is 0 Å². The Morgan fingerprint density at radius 3 is 2.56 bits per heavy atom. The smallest absolute Gasteiger partial charge is 0.217 e. The highest BCUT2D eigenvalue weighted by Gasteiger charge is 2.32. The normalized spacial score (nSPS) is 11.7. The molecule has 0 aliphatic rings. The lowest BCUT2D eigenvalue weighted by molar-refractivity contribution is -0.112. The molecular formula is C21H24FN3O2. The lowest BCUT2D eigenvalue weighted by Gasteiger charge is -2.27. The van der Waals surface area contributed by atoms with E-state index in [1.165, 1.54) is 19.4 Å². The SMILES string of the molecule is CCn1ncc2c(F)cc(-c3ccc(C(C=O)(CC)CC)c(OC)n3)cc21. The molecule has 0 aliphatic heterocycles. The summed E-state index contributed by atoms with van der Waals surface area (Å²) in [6, 6.07) is 7.01. The van der Waals surface area contributed by atoms with Gasteiger partial charge in [0, 0.05) is 17.7 Å². The number of benzene rings is 1. The average Bonchev–Trinajstić information content (AvgIpc) is 3.13. The third-order valence-electron chi connectivity index (χ3n) is 5.38. The highest BCUT2D eigenvalue weighted by Crippen LogP contribution is 2.37. The van der Waals surface area contributed by atoms with Gasteiger partial charge in [-0.1, -0.05) is 19.9 Å². The molecule has 3 rings (SSSR count). The molecule has 0 radical (unpaired) electrons. The van der Waals surface area contributed by atoms with Crippen LogP contribution in [0.15, 0.2) is 30.5 Å². The molecule has 0 saturated heterocycles. The first-order valence-electron chi connectivity index (χ1n) is 9.20. The summed E-state index contributed by atoms with van der Waals surface area (Å²) in [6.45, 7) is 6.56.